The van der Waals surface area contributed by atoms with Crippen LogP contribution >= 0.6 is 0 Å². The second-order valence-corrected chi connectivity index (χ2v) is 6.24. The molecule has 2 aromatic carbocycles. The molecule has 2 N–H and O–H groups in total. The lowest BCUT2D eigenvalue weighted by Gasteiger charge is -2.33. The van der Waals surface area contributed by atoms with Crippen molar-refractivity contribution in [1.82, 2.24) is 10.2 Å². The molecule has 3 rings (SSSR count). The molecule has 0 bridgehead atoms. The number of nitrogens with zero attached hydrogens (tertiary/aromatic N) is 1. The first kappa shape index (κ1) is 17.2. The van der Waals surface area contributed by atoms with Gasteiger partial charge in [-0.25, -0.2) is 0 Å². The first-order valence-corrected chi connectivity index (χ1v) is 8.61. The van der Waals surface area contributed by atoms with E-state index in [0.717, 1.165) is 19.4 Å². The summed E-state index contributed by atoms with van der Waals surface area (Å²) in [5.74, 6) is -0.253. The van der Waals surface area contributed by atoms with Crippen molar-refractivity contribution in [3.05, 3.63) is 65.7 Å². The zero-order chi connectivity index (χ0) is 17.6. The van der Waals surface area contributed by atoms with Crippen molar-refractivity contribution in [3.8, 4) is 0 Å². The molecule has 0 aromatic heterocycles. The van der Waals surface area contributed by atoms with Crippen LogP contribution in [0.1, 0.15) is 33.6 Å². The Hall–Kier alpha value is -2.66. The number of anilines is 1. The Bertz CT molecular complexity index is 746. The van der Waals surface area contributed by atoms with Crippen molar-refractivity contribution in [1.29, 1.82) is 0 Å². The molecule has 0 saturated carbocycles. The number of amides is 2. The number of piperidine rings is 1. The van der Waals surface area contributed by atoms with E-state index < -0.39 is 0 Å². The van der Waals surface area contributed by atoms with Crippen LogP contribution in [0.4, 0.5) is 5.69 Å². The van der Waals surface area contributed by atoms with Crippen molar-refractivity contribution >= 4 is 17.5 Å². The fourth-order valence-electron chi connectivity index (χ4n) is 3.13. The third-order valence-electron chi connectivity index (χ3n) is 4.56. The normalized spacial score (nSPS) is 17.2. The Balaban J connectivity index is 1.78. The van der Waals surface area contributed by atoms with Crippen LogP contribution in [-0.2, 0) is 0 Å². The van der Waals surface area contributed by atoms with Gasteiger partial charge in [0.2, 0.25) is 0 Å². The SMILES string of the molecule is CNC1CCCN(C(=O)c2ccccc2NC(=O)c2ccccc2)C1. The molecule has 5 heteroatoms. The minimum atomic E-state index is -0.215. The molecule has 1 aliphatic heterocycles. The first-order chi connectivity index (χ1) is 12.2. The molecule has 0 spiro atoms. The Morgan fingerprint density at radius 2 is 1.76 bits per heavy atom. The van der Waals surface area contributed by atoms with Gasteiger partial charge in [-0.2, -0.15) is 0 Å². The van der Waals surface area contributed by atoms with Crippen LogP contribution in [0.2, 0.25) is 0 Å². The molecule has 1 saturated heterocycles. The summed E-state index contributed by atoms with van der Waals surface area (Å²) in [5, 5.41) is 6.11. The van der Waals surface area contributed by atoms with Gasteiger partial charge in [-0.15, -0.1) is 0 Å². The second-order valence-electron chi connectivity index (χ2n) is 6.24. The zero-order valence-electron chi connectivity index (χ0n) is 14.4. The number of likely N-dealkylation sites (tertiary alicyclic amines) is 1. The van der Waals surface area contributed by atoms with Crippen molar-refractivity contribution in [2.45, 2.75) is 18.9 Å². The van der Waals surface area contributed by atoms with Crippen LogP contribution in [0.15, 0.2) is 54.6 Å². The summed E-state index contributed by atoms with van der Waals surface area (Å²) in [7, 11) is 1.92. The third-order valence-corrected chi connectivity index (χ3v) is 4.56. The second kappa shape index (κ2) is 7.94. The number of rotatable bonds is 4. The standard InChI is InChI=1S/C20H23N3O2/c1-21-16-10-7-13-23(14-16)20(25)17-11-5-6-12-18(17)22-19(24)15-8-3-2-4-9-15/h2-6,8-9,11-12,16,21H,7,10,13-14H2,1H3,(H,22,24). The predicted molar refractivity (Wildman–Crippen MR) is 98.8 cm³/mol. The van der Waals surface area contributed by atoms with E-state index in [2.05, 4.69) is 10.6 Å². The maximum atomic E-state index is 12.9. The molecule has 5 nitrogen and oxygen atoms in total. The van der Waals surface area contributed by atoms with Crippen LogP contribution in [-0.4, -0.2) is 42.9 Å². The highest BCUT2D eigenvalue weighted by molar-refractivity contribution is 6.09. The number of hydrogen-bond donors (Lipinski definition) is 2. The van der Waals surface area contributed by atoms with Gasteiger partial charge in [0.05, 0.1) is 11.3 Å². The highest BCUT2D eigenvalue weighted by Gasteiger charge is 2.25. The highest BCUT2D eigenvalue weighted by atomic mass is 16.2. The smallest absolute Gasteiger partial charge is 0.256 e. The summed E-state index contributed by atoms with van der Waals surface area (Å²) in [6, 6.07) is 16.5. The van der Waals surface area contributed by atoms with Gasteiger partial charge in [-0.3, -0.25) is 9.59 Å². The summed E-state index contributed by atoms with van der Waals surface area (Å²) >= 11 is 0. The lowest BCUT2D eigenvalue weighted by atomic mass is 10.0. The monoisotopic (exact) mass is 337 g/mol. The van der Waals surface area contributed by atoms with Crippen LogP contribution in [0, 0.1) is 0 Å². The fraction of sp³-hybridized carbons (Fsp3) is 0.300. The lowest BCUT2D eigenvalue weighted by molar-refractivity contribution is 0.0699. The van der Waals surface area contributed by atoms with Gasteiger partial charge in [0.1, 0.15) is 0 Å². The van der Waals surface area contributed by atoms with Gasteiger partial charge in [0, 0.05) is 24.7 Å². The molecule has 1 unspecified atom stereocenters. The quantitative estimate of drug-likeness (QED) is 0.902. The minimum Gasteiger partial charge on any atom is -0.337 e. The number of carbonyl (C=O) groups is 2. The molecule has 0 aliphatic carbocycles. The van der Waals surface area contributed by atoms with Gasteiger partial charge in [0.15, 0.2) is 0 Å². The van der Waals surface area contributed by atoms with E-state index in [4.69, 9.17) is 0 Å². The molecular formula is C20H23N3O2. The van der Waals surface area contributed by atoms with Crippen LogP contribution in [0.3, 0.4) is 0 Å². The van der Waals surface area contributed by atoms with Gasteiger partial charge in [-0.05, 0) is 44.2 Å². The first-order valence-electron chi connectivity index (χ1n) is 8.61. The molecule has 130 valence electrons. The summed E-state index contributed by atoms with van der Waals surface area (Å²) in [5.41, 5.74) is 1.65. The van der Waals surface area contributed by atoms with Gasteiger partial charge >= 0.3 is 0 Å². The summed E-state index contributed by atoms with van der Waals surface area (Å²) < 4.78 is 0. The number of likely N-dealkylation sites (N-methyl/N-ethyl adjacent to an activating group) is 1. The predicted octanol–water partition coefficient (Wildman–Crippen LogP) is 2.76. The van der Waals surface area contributed by atoms with Crippen molar-refractivity contribution in [2.24, 2.45) is 0 Å². The molecule has 2 aromatic rings. The zero-order valence-corrected chi connectivity index (χ0v) is 14.4. The van der Waals surface area contributed by atoms with Crippen molar-refractivity contribution < 1.29 is 9.59 Å². The van der Waals surface area contributed by atoms with E-state index >= 15 is 0 Å². The molecule has 0 radical (unpaired) electrons. The van der Waals surface area contributed by atoms with E-state index in [1.54, 1.807) is 24.3 Å². The Morgan fingerprint density at radius 1 is 1.04 bits per heavy atom. The number of carbonyl (C=O) groups excluding carboxylic acids is 2. The highest BCUT2D eigenvalue weighted by Crippen LogP contribution is 2.21. The molecule has 1 fully saturated rings. The summed E-state index contributed by atoms with van der Waals surface area (Å²) in [6.45, 7) is 1.44. The average molecular weight is 337 g/mol. The average Bonchev–Trinajstić information content (AvgIpc) is 2.68. The molecule has 1 atom stereocenters. The van der Waals surface area contributed by atoms with Crippen LogP contribution in [0.25, 0.3) is 0 Å². The van der Waals surface area contributed by atoms with Gasteiger partial charge in [-0.1, -0.05) is 30.3 Å². The van der Waals surface area contributed by atoms with Crippen molar-refractivity contribution in [2.75, 3.05) is 25.5 Å². The summed E-state index contributed by atoms with van der Waals surface area (Å²) in [6.07, 6.45) is 2.06. The van der Waals surface area contributed by atoms with Crippen LogP contribution < -0.4 is 10.6 Å². The molecule has 1 aliphatic rings. The largest absolute Gasteiger partial charge is 0.337 e. The number of nitrogens with one attached hydrogen (secondary N) is 2. The number of benzene rings is 2. The van der Waals surface area contributed by atoms with Crippen LogP contribution in [0.5, 0.6) is 0 Å². The van der Waals surface area contributed by atoms with E-state index in [9.17, 15) is 9.59 Å². The Labute approximate surface area is 148 Å². The Kier molecular flexibility index (Phi) is 5.46. The van der Waals surface area contributed by atoms with Crippen molar-refractivity contribution in [3.63, 3.8) is 0 Å². The third kappa shape index (κ3) is 4.06. The lowest BCUT2D eigenvalue weighted by Crippen LogP contribution is -2.47. The molecule has 25 heavy (non-hydrogen) atoms. The molecule has 1 heterocycles. The van der Waals surface area contributed by atoms with E-state index in [1.807, 2.05) is 42.3 Å². The fourth-order valence-corrected chi connectivity index (χ4v) is 3.13. The van der Waals surface area contributed by atoms with E-state index in [0.29, 0.717) is 29.4 Å². The van der Waals surface area contributed by atoms with Gasteiger partial charge in [0.25, 0.3) is 11.8 Å². The minimum absolute atomic E-state index is 0.0380. The topological polar surface area (TPSA) is 61.4 Å². The number of para-hydroxylation sites is 1. The summed E-state index contributed by atoms with van der Waals surface area (Å²) in [4.78, 5) is 27.2. The number of hydrogen-bond acceptors (Lipinski definition) is 3. The maximum Gasteiger partial charge on any atom is 0.256 e. The van der Waals surface area contributed by atoms with E-state index in [-0.39, 0.29) is 11.8 Å². The Morgan fingerprint density at radius 3 is 2.52 bits per heavy atom. The maximum absolute atomic E-state index is 12.9. The molecular weight excluding hydrogens is 314 g/mol. The van der Waals surface area contributed by atoms with E-state index in [1.165, 1.54) is 0 Å². The molecule has 2 amide bonds. The van der Waals surface area contributed by atoms with Gasteiger partial charge < -0.3 is 15.5 Å².